The van der Waals surface area contributed by atoms with Crippen molar-refractivity contribution < 1.29 is 13.9 Å². The summed E-state index contributed by atoms with van der Waals surface area (Å²) in [5.74, 6) is 0.974. The fourth-order valence-electron chi connectivity index (χ4n) is 2.76. The van der Waals surface area contributed by atoms with Crippen molar-refractivity contribution in [1.29, 1.82) is 0 Å². The van der Waals surface area contributed by atoms with E-state index in [0.717, 1.165) is 3.57 Å². The minimum Gasteiger partial charge on any atom is -0.414 e. The van der Waals surface area contributed by atoms with E-state index in [1.165, 1.54) is 4.57 Å². The Morgan fingerprint density at radius 1 is 1.45 bits per heavy atom. The molecule has 0 spiro atoms. The molecule has 11 heteroatoms. The first-order valence-corrected chi connectivity index (χ1v) is 15.6. The summed E-state index contributed by atoms with van der Waals surface area (Å²) in [6.45, 7) is 11.5. The Bertz CT molecular complexity index is 828. The van der Waals surface area contributed by atoms with Crippen molar-refractivity contribution in [3.8, 4) is 0 Å². The van der Waals surface area contributed by atoms with E-state index in [-0.39, 0.29) is 22.9 Å². The van der Waals surface area contributed by atoms with Crippen LogP contribution in [0.4, 0.5) is 5.82 Å². The van der Waals surface area contributed by atoms with Gasteiger partial charge in [0.1, 0.15) is 12.3 Å². The zero-order chi connectivity index (χ0) is 23.4. The van der Waals surface area contributed by atoms with Gasteiger partial charge >= 0.3 is 5.69 Å². The van der Waals surface area contributed by atoms with Crippen LogP contribution >= 0.6 is 34.4 Å². The zero-order valence-corrected chi connectivity index (χ0v) is 23.7. The highest BCUT2D eigenvalue weighted by Crippen LogP contribution is 2.38. The van der Waals surface area contributed by atoms with Gasteiger partial charge in [-0.3, -0.25) is 4.57 Å². The molecular weight excluding hydrogens is 547 g/mol. The van der Waals surface area contributed by atoms with Crippen LogP contribution in [0.25, 0.3) is 0 Å². The van der Waals surface area contributed by atoms with Crippen LogP contribution in [0.1, 0.15) is 33.4 Å². The van der Waals surface area contributed by atoms with E-state index in [1.807, 2.05) is 20.4 Å². The molecule has 0 radical (unpaired) electrons. The van der Waals surface area contributed by atoms with Gasteiger partial charge in [-0.2, -0.15) is 4.98 Å². The van der Waals surface area contributed by atoms with Crippen LogP contribution < -0.4 is 5.69 Å². The first-order valence-electron chi connectivity index (χ1n) is 10.2. The first kappa shape index (κ1) is 26.8. The van der Waals surface area contributed by atoms with Crippen LogP contribution in [-0.2, 0) is 13.9 Å². The monoisotopic (exact) mass is 582 g/mol. The van der Waals surface area contributed by atoms with Crippen molar-refractivity contribution >= 4 is 54.8 Å². The second-order valence-corrected chi connectivity index (χ2v) is 16.1. The molecule has 1 aliphatic heterocycles. The number of aromatic nitrogens is 2. The van der Waals surface area contributed by atoms with Gasteiger partial charge in [0.15, 0.2) is 14.1 Å². The number of hydrogen-bond acceptors (Lipinski definition) is 7. The van der Waals surface area contributed by atoms with E-state index >= 15 is 0 Å². The zero-order valence-electron chi connectivity index (χ0n) is 19.7. The van der Waals surface area contributed by atoms with Gasteiger partial charge in [-0.25, -0.2) is 9.79 Å². The Balaban J connectivity index is 2.21. The average molecular weight is 583 g/mol. The number of halogens is 1. The fraction of sp³-hybridized carbons (Fsp3) is 0.750. The molecule has 1 aliphatic rings. The number of nitrogens with zero attached hydrogens (tertiary/aromatic N) is 4. The molecule has 176 valence electrons. The molecule has 1 aromatic heterocycles. The topological polar surface area (TPSA) is 78.2 Å². The molecule has 1 saturated heterocycles. The molecule has 2 heterocycles. The van der Waals surface area contributed by atoms with Gasteiger partial charge in [0.2, 0.25) is 0 Å². The van der Waals surface area contributed by atoms with Crippen LogP contribution in [0.2, 0.25) is 18.1 Å². The number of ether oxygens (including phenoxy) is 2. The van der Waals surface area contributed by atoms with E-state index in [9.17, 15) is 4.79 Å². The maximum absolute atomic E-state index is 12.7. The van der Waals surface area contributed by atoms with Crippen LogP contribution in [0.15, 0.2) is 16.0 Å². The highest BCUT2D eigenvalue weighted by Gasteiger charge is 2.42. The lowest BCUT2D eigenvalue weighted by Gasteiger charge is -2.37. The summed E-state index contributed by atoms with van der Waals surface area (Å²) < 4.78 is 21.0. The lowest BCUT2D eigenvalue weighted by atomic mass is 10.2. The molecule has 0 amide bonds. The van der Waals surface area contributed by atoms with Gasteiger partial charge < -0.3 is 18.8 Å². The Labute approximate surface area is 204 Å². The molecule has 2 rings (SSSR count). The van der Waals surface area contributed by atoms with Crippen LogP contribution in [-0.4, -0.2) is 74.2 Å². The Hall–Kier alpha value is -0.473. The summed E-state index contributed by atoms with van der Waals surface area (Å²) in [6.07, 6.45) is 5.13. The Morgan fingerprint density at radius 2 is 2.13 bits per heavy atom. The molecular formula is C20H35IN4O4SSi. The van der Waals surface area contributed by atoms with Gasteiger partial charge in [0.05, 0.1) is 28.6 Å². The summed E-state index contributed by atoms with van der Waals surface area (Å²) in [5.41, 5.74) is -0.383. The first-order chi connectivity index (χ1) is 14.4. The molecule has 1 aromatic rings. The maximum atomic E-state index is 12.7. The summed E-state index contributed by atoms with van der Waals surface area (Å²) >= 11 is 3.76. The van der Waals surface area contributed by atoms with Crippen LogP contribution in [0, 0.1) is 3.57 Å². The summed E-state index contributed by atoms with van der Waals surface area (Å²) in [7, 11) is 1.81. The summed E-state index contributed by atoms with van der Waals surface area (Å²) in [5, 5.41) is 0.112. The van der Waals surface area contributed by atoms with Crippen molar-refractivity contribution in [2.45, 2.75) is 63.8 Å². The standard InChI is InChI=1S/C20H35IN4O4SSi/c1-20(2,3)31(7,8)28-11-16-15(27-13-30-6)9-17(29-16)25-10-14(21)18(23-19(25)26)22-12-24(4)5/h10,12,15-17H,9,11,13H2,1-8H3/t15?,16-,17-/m1/s1. The van der Waals surface area contributed by atoms with Gasteiger partial charge in [0, 0.05) is 26.7 Å². The van der Waals surface area contributed by atoms with E-state index in [0.29, 0.717) is 24.8 Å². The molecule has 0 aromatic carbocycles. The third kappa shape index (κ3) is 7.26. The van der Waals surface area contributed by atoms with E-state index < -0.39 is 14.5 Å². The smallest absolute Gasteiger partial charge is 0.351 e. The van der Waals surface area contributed by atoms with E-state index in [4.69, 9.17) is 13.9 Å². The Morgan fingerprint density at radius 3 is 2.71 bits per heavy atom. The van der Waals surface area contributed by atoms with Gasteiger partial charge in [-0.15, -0.1) is 11.8 Å². The summed E-state index contributed by atoms with van der Waals surface area (Å²) in [6, 6.07) is 0. The molecule has 1 unspecified atom stereocenters. The van der Waals surface area contributed by atoms with E-state index in [1.54, 1.807) is 29.2 Å². The van der Waals surface area contributed by atoms with Crippen molar-refractivity contribution in [3.63, 3.8) is 0 Å². The van der Waals surface area contributed by atoms with Crippen molar-refractivity contribution in [3.05, 3.63) is 20.3 Å². The third-order valence-corrected chi connectivity index (χ3v) is 11.2. The Kier molecular flexibility index (Phi) is 9.59. The molecule has 0 saturated carbocycles. The van der Waals surface area contributed by atoms with Crippen LogP contribution in [0.3, 0.4) is 0 Å². The fourth-order valence-corrected chi connectivity index (χ4v) is 4.65. The lowest BCUT2D eigenvalue weighted by Crippen LogP contribution is -2.44. The van der Waals surface area contributed by atoms with E-state index in [2.05, 4.69) is 66.4 Å². The largest absolute Gasteiger partial charge is 0.414 e. The average Bonchev–Trinajstić information content (AvgIpc) is 3.07. The molecule has 0 bridgehead atoms. The van der Waals surface area contributed by atoms with Crippen LogP contribution in [0.5, 0.6) is 0 Å². The second-order valence-electron chi connectivity index (χ2n) is 9.36. The number of rotatable bonds is 9. The molecule has 3 atom stereocenters. The number of aliphatic imine (C=N–C) groups is 1. The van der Waals surface area contributed by atoms with Crippen molar-refractivity contribution in [1.82, 2.24) is 14.5 Å². The van der Waals surface area contributed by atoms with Crippen molar-refractivity contribution in [2.75, 3.05) is 32.9 Å². The second kappa shape index (κ2) is 11.1. The molecule has 0 N–H and O–H groups in total. The van der Waals surface area contributed by atoms with Gasteiger partial charge in [-0.1, -0.05) is 20.8 Å². The van der Waals surface area contributed by atoms with Gasteiger partial charge in [-0.05, 0) is 47.0 Å². The minimum atomic E-state index is -1.92. The molecule has 31 heavy (non-hydrogen) atoms. The lowest BCUT2D eigenvalue weighted by molar-refractivity contribution is -0.0529. The molecule has 8 nitrogen and oxygen atoms in total. The number of thioether (sulfide) groups is 1. The quantitative estimate of drug-likeness (QED) is 0.143. The minimum absolute atomic E-state index is 0.112. The van der Waals surface area contributed by atoms with Crippen molar-refractivity contribution in [2.24, 2.45) is 4.99 Å². The highest BCUT2D eigenvalue weighted by atomic mass is 127. The highest BCUT2D eigenvalue weighted by molar-refractivity contribution is 14.1. The summed E-state index contributed by atoms with van der Waals surface area (Å²) in [4.78, 5) is 22.9. The third-order valence-electron chi connectivity index (χ3n) is 5.60. The molecule has 1 fully saturated rings. The SMILES string of the molecule is CSCOC1C[C@H](n2cc(I)c(N=CN(C)C)nc2=O)O[C@@H]1CO[Si](C)(C)C(C)(C)C. The predicted molar refractivity (Wildman–Crippen MR) is 138 cm³/mol. The van der Waals surface area contributed by atoms with Gasteiger partial charge in [0.25, 0.3) is 0 Å². The predicted octanol–water partition coefficient (Wildman–Crippen LogP) is 4.08. The molecule has 0 aliphatic carbocycles. The number of hydrogen-bond donors (Lipinski definition) is 0. The maximum Gasteiger partial charge on any atom is 0.351 e. The normalized spacial score (nSPS) is 22.4.